The Hall–Kier alpha value is -1.36. The molecule has 0 saturated heterocycles. The van der Waals surface area contributed by atoms with Crippen LogP contribution in [0.4, 0.5) is 5.69 Å². The highest BCUT2D eigenvalue weighted by molar-refractivity contribution is 7.15. The molecular formula is C16H15Cl2N3S. The predicted octanol–water partition coefficient (Wildman–Crippen LogP) is 5.48. The molecule has 1 N–H and O–H groups in total. The van der Waals surface area contributed by atoms with Crippen LogP contribution in [0.25, 0.3) is 10.9 Å². The van der Waals surface area contributed by atoms with Crippen molar-refractivity contribution in [2.45, 2.75) is 26.8 Å². The number of rotatable bonds is 4. The number of hydrogen-bond acceptors (Lipinski definition) is 4. The van der Waals surface area contributed by atoms with E-state index in [1.807, 2.05) is 25.1 Å². The first-order valence-electron chi connectivity index (χ1n) is 7.01. The Morgan fingerprint density at radius 1 is 1.27 bits per heavy atom. The molecule has 3 aromatic rings. The van der Waals surface area contributed by atoms with Crippen LogP contribution in [0.2, 0.25) is 9.49 Å². The molecule has 0 aliphatic rings. The highest BCUT2D eigenvalue weighted by Crippen LogP contribution is 2.30. The molecule has 0 atom stereocenters. The number of fused-ring (bicyclic) bond motifs is 1. The van der Waals surface area contributed by atoms with E-state index < -0.39 is 0 Å². The average Bonchev–Trinajstić information content (AvgIpc) is 2.91. The van der Waals surface area contributed by atoms with Gasteiger partial charge < -0.3 is 5.32 Å². The van der Waals surface area contributed by atoms with Gasteiger partial charge in [0.25, 0.3) is 0 Å². The van der Waals surface area contributed by atoms with Crippen LogP contribution in [0, 0.1) is 6.92 Å². The SMILES string of the molecule is CCc1c(C)nc2ccc(NCc3cnc(Cl)s3)cc2c1Cl. The number of nitrogens with one attached hydrogen (secondary N) is 1. The fourth-order valence-electron chi connectivity index (χ4n) is 2.45. The summed E-state index contributed by atoms with van der Waals surface area (Å²) in [6.45, 7) is 4.79. The van der Waals surface area contributed by atoms with E-state index in [1.54, 1.807) is 6.20 Å². The van der Waals surface area contributed by atoms with Gasteiger partial charge in [0.05, 0.1) is 17.1 Å². The molecule has 0 spiro atoms. The van der Waals surface area contributed by atoms with Gasteiger partial charge in [-0.1, -0.05) is 30.1 Å². The van der Waals surface area contributed by atoms with Crippen molar-refractivity contribution < 1.29 is 0 Å². The highest BCUT2D eigenvalue weighted by atomic mass is 35.5. The van der Waals surface area contributed by atoms with E-state index in [1.165, 1.54) is 11.3 Å². The summed E-state index contributed by atoms with van der Waals surface area (Å²) in [5, 5.41) is 5.15. The number of benzene rings is 1. The van der Waals surface area contributed by atoms with Crippen LogP contribution in [0.5, 0.6) is 0 Å². The number of halogens is 2. The van der Waals surface area contributed by atoms with Gasteiger partial charge in [-0.25, -0.2) is 4.98 Å². The zero-order valence-electron chi connectivity index (χ0n) is 12.3. The van der Waals surface area contributed by atoms with Crippen molar-refractivity contribution in [1.29, 1.82) is 0 Å². The summed E-state index contributed by atoms with van der Waals surface area (Å²) < 4.78 is 0.561. The maximum absolute atomic E-state index is 6.55. The van der Waals surface area contributed by atoms with Gasteiger partial charge in [-0.3, -0.25) is 4.98 Å². The Bertz CT molecular complexity index is 830. The van der Waals surface area contributed by atoms with Crippen LogP contribution in [0.1, 0.15) is 23.1 Å². The Labute approximate surface area is 143 Å². The minimum Gasteiger partial charge on any atom is -0.380 e. The third kappa shape index (κ3) is 3.05. The smallest absolute Gasteiger partial charge is 0.183 e. The number of hydrogen-bond donors (Lipinski definition) is 1. The van der Waals surface area contributed by atoms with Crippen molar-refractivity contribution in [2.24, 2.45) is 0 Å². The third-order valence-corrected chi connectivity index (χ3v) is 5.12. The van der Waals surface area contributed by atoms with Gasteiger partial charge in [-0.15, -0.1) is 11.3 Å². The van der Waals surface area contributed by atoms with Gasteiger partial charge in [0.2, 0.25) is 0 Å². The number of thiazole rings is 1. The number of nitrogens with zero attached hydrogens (tertiary/aromatic N) is 2. The Morgan fingerprint density at radius 2 is 2.09 bits per heavy atom. The summed E-state index contributed by atoms with van der Waals surface area (Å²) in [6.07, 6.45) is 2.67. The lowest BCUT2D eigenvalue weighted by atomic mass is 10.1. The third-order valence-electron chi connectivity index (χ3n) is 3.57. The summed E-state index contributed by atoms with van der Waals surface area (Å²) in [6, 6.07) is 6.06. The molecule has 6 heteroatoms. The van der Waals surface area contributed by atoms with Crippen molar-refractivity contribution in [1.82, 2.24) is 9.97 Å². The van der Waals surface area contributed by atoms with Crippen LogP contribution in [-0.2, 0) is 13.0 Å². The summed E-state index contributed by atoms with van der Waals surface area (Å²) >= 11 is 13.9. The molecule has 2 heterocycles. The number of pyridine rings is 1. The van der Waals surface area contributed by atoms with Gasteiger partial charge >= 0.3 is 0 Å². The van der Waals surface area contributed by atoms with Gasteiger partial charge in [0.15, 0.2) is 4.47 Å². The molecule has 3 rings (SSSR count). The summed E-state index contributed by atoms with van der Waals surface area (Å²) in [7, 11) is 0. The summed E-state index contributed by atoms with van der Waals surface area (Å²) in [5.41, 5.74) is 4.04. The van der Waals surface area contributed by atoms with Crippen LogP contribution in [0.15, 0.2) is 24.4 Å². The Morgan fingerprint density at radius 3 is 2.77 bits per heavy atom. The molecule has 0 aliphatic heterocycles. The largest absolute Gasteiger partial charge is 0.380 e. The van der Waals surface area contributed by atoms with Gasteiger partial charge in [-0.2, -0.15) is 0 Å². The first kappa shape index (κ1) is 15.5. The van der Waals surface area contributed by atoms with E-state index in [0.29, 0.717) is 11.0 Å². The quantitative estimate of drug-likeness (QED) is 0.675. The maximum atomic E-state index is 6.55. The molecule has 0 saturated carbocycles. The average molecular weight is 352 g/mol. The maximum Gasteiger partial charge on any atom is 0.183 e. The number of aryl methyl sites for hydroxylation is 1. The zero-order chi connectivity index (χ0) is 15.7. The molecule has 0 fully saturated rings. The summed E-state index contributed by atoms with van der Waals surface area (Å²) in [4.78, 5) is 9.76. The molecule has 0 bridgehead atoms. The van der Waals surface area contributed by atoms with Gasteiger partial charge in [0, 0.05) is 27.8 Å². The number of aromatic nitrogens is 2. The van der Waals surface area contributed by atoms with Crippen molar-refractivity contribution >= 4 is 51.1 Å². The molecule has 1 aromatic carbocycles. The highest BCUT2D eigenvalue weighted by Gasteiger charge is 2.10. The lowest BCUT2D eigenvalue weighted by molar-refractivity contribution is 1.07. The molecule has 2 aromatic heterocycles. The van der Waals surface area contributed by atoms with E-state index in [4.69, 9.17) is 23.2 Å². The normalized spacial score (nSPS) is 11.1. The van der Waals surface area contributed by atoms with Gasteiger partial charge in [-0.05, 0) is 37.1 Å². The van der Waals surface area contributed by atoms with Crippen LogP contribution >= 0.6 is 34.5 Å². The molecule has 3 nitrogen and oxygen atoms in total. The van der Waals surface area contributed by atoms with Crippen molar-refractivity contribution in [3.8, 4) is 0 Å². The lowest BCUT2D eigenvalue weighted by Crippen LogP contribution is -1.99. The molecule has 114 valence electrons. The Balaban J connectivity index is 1.91. The second kappa shape index (κ2) is 6.41. The van der Waals surface area contributed by atoms with E-state index >= 15 is 0 Å². The second-order valence-electron chi connectivity index (χ2n) is 5.01. The number of anilines is 1. The molecular weight excluding hydrogens is 337 g/mol. The fraction of sp³-hybridized carbons (Fsp3) is 0.250. The van der Waals surface area contributed by atoms with Crippen molar-refractivity contribution in [3.05, 3.63) is 50.0 Å². The van der Waals surface area contributed by atoms with Crippen LogP contribution < -0.4 is 5.32 Å². The second-order valence-corrected chi connectivity index (χ2v) is 7.08. The lowest BCUT2D eigenvalue weighted by Gasteiger charge is -2.11. The predicted molar refractivity (Wildman–Crippen MR) is 95.3 cm³/mol. The zero-order valence-corrected chi connectivity index (χ0v) is 14.6. The Kier molecular flexibility index (Phi) is 4.52. The van der Waals surface area contributed by atoms with Gasteiger partial charge in [0.1, 0.15) is 0 Å². The molecule has 0 radical (unpaired) electrons. The van der Waals surface area contributed by atoms with E-state index in [-0.39, 0.29) is 0 Å². The van der Waals surface area contributed by atoms with E-state index in [9.17, 15) is 0 Å². The topological polar surface area (TPSA) is 37.8 Å². The first-order chi connectivity index (χ1) is 10.6. The van der Waals surface area contributed by atoms with Crippen LogP contribution in [-0.4, -0.2) is 9.97 Å². The summed E-state index contributed by atoms with van der Waals surface area (Å²) in [5.74, 6) is 0. The standard InChI is InChI=1S/C16H15Cl2N3S/c1-3-12-9(2)21-14-5-4-10(6-13(14)15(12)17)19-7-11-8-20-16(18)22-11/h4-6,8,19H,3,7H2,1-2H3. The minimum atomic E-state index is 0.561. The molecule has 0 unspecified atom stereocenters. The molecule has 22 heavy (non-hydrogen) atoms. The van der Waals surface area contributed by atoms with Crippen molar-refractivity contribution in [2.75, 3.05) is 5.32 Å². The molecule has 0 amide bonds. The fourth-order valence-corrected chi connectivity index (χ4v) is 3.79. The first-order valence-corrected chi connectivity index (χ1v) is 8.58. The minimum absolute atomic E-state index is 0.561. The van der Waals surface area contributed by atoms with Crippen LogP contribution in [0.3, 0.4) is 0 Å². The monoisotopic (exact) mass is 351 g/mol. The van der Waals surface area contributed by atoms with Crippen molar-refractivity contribution in [3.63, 3.8) is 0 Å². The van der Waals surface area contributed by atoms with E-state index in [0.717, 1.165) is 44.2 Å². The van der Waals surface area contributed by atoms with E-state index in [2.05, 4.69) is 22.2 Å². The molecule has 0 aliphatic carbocycles.